The molecule has 0 saturated carbocycles. The van der Waals surface area contributed by atoms with Gasteiger partial charge in [-0.2, -0.15) is 0 Å². The number of anilines is 1. The SMILES string of the molecule is O=C1Nc2cccc(Cl)c2CC1CN1CCC2(CCc3ccccc32)CC1. The van der Waals surface area contributed by atoms with E-state index in [-0.39, 0.29) is 11.8 Å². The molecular formula is C23H25ClN2O. The van der Waals surface area contributed by atoms with Crippen LogP contribution in [-0.4, -0.2) is 30.4 Å². The summed E-state index contributed by atoms with van der Waals surface area (Å²) in [6.07, 6.45) is 5.65. The number of nitrogens with one attached hydrogen (secondary N) is 1. The minimum atomic E-state index is -0.0117. The van der Waals surface area contributed by atoms with Gasteiger partial charge in [0.1, 0.15) is 0 Å². The molecule has 4 heteroatoms. The van der Waals surface area contributed by atoms with Crippen LogP contribution in [0.15, 0.2) is 42.5 Å². The van der Waals surface area contributed by atoms with E-state index in [4.69, 9.17) is 11.6 Å². The van der Waals surface area contributed by atoms with E-state index in [1.54, 1.807) is 11.1 Å². The first-order valence-corrected chi connectivity index (χ1v) is 10.4. The van der Waals surface area contributed by atoms with Gasteiger partial charge in [-0.1, -0.05) is 41.9 Å². The Kier molecular flexibility index (Phi) is 4.25. The topological polar surface area (TPSA) is 32.3 Å². The van der Waals surface area contributed by atoms with Gasteiger partial charge >= 0.3 is 0 Å². The average molecular weight is 381 g/mol. The lowest BCUT2D eigenvalue weighted by molar-refractivity contribution is -0.121. The number of hydrogen-bond donors (Lipinski definition) is 1. The first kappa shape index (κ1) is 17.3. The summed E-state index contributed by atoms with van der Waals surface area (Å²) < 4.78 is 0. The fraction of sp³-hybridized carbons (Fsp3) is 0.435. The van der Waals surface area contributed by atoms with Gasteiger partial charge in [0.15, 0.2) is 0 Å². The molecule has 0 aromatic heterocycles. The maximum atomic E-state index is 12.6. The maximum Gasteiger partial charge on any atom is 0.229 e. The van der Waals surface area contributed by atoms with Crippen molar-refractivity contribution in [3.63, 3.8) is 0 Å². The van der Waals surface area contributed by atoms with Crippen LogP contribution in [-0.2, 0) is 23.1 Å². The van der Waals surface area contributed by atoms with Crippen LogP contribution < -0.4 is 5.32 Å². The molecule has 27 heavy (non-hydrogen) atoms. The number of halogens is 1. The third-order valence-electron chi connectivity index (χ3n) is 6.95. The van der Waals surface area contributed by atoms with Gasteiger partial charge < -0.3 is 10.2 Å². The maximum absolute atomic E-state index is 12.6. The largest absolute Gasteiger partial charge is 0.325 e. The van der Waals surface area contributed by atoms with Crippen LogP contribution in [0.25, 0.3) is 0 Å². The number of rotatable bonds is 2. The summed E-state index contributed by atoms with van der Waals surface area (Å²) in [5.41, 5.74) is 5.47. The second kappa shape index (κ2) is 6.65. The summed E-state index contributed by atoms with van der Waals surface area (Å²) in [4.78, 5) is 15.1. The number of nitrogens with zero attached hydrogens (tertiary/aromatic N) is 1. The molecule has 2 aromatic carbocycles. The Balaban J connectivity index is 1.27. The number of piperidine rings is 1. The van der Waals surface area contributed by atoms with Crippen molar-refractivity contribution in [3.05, 3.63) is 64.2 Å². The second-order valence-electron chi connectivity index (χ2n) is 8.39. The van der Waals surface area contributed by atoms with Gasteiger partial charge in [0.2, 0.25) is 5.91 Å². The number of carbonyl (C=O) groups is 1. The van der Waals surface area contributed by atoms with Crippen molar-refractivity contribution in [3.8, 4) is 0 Å². The van der Waals surface area contributed by atoms with Gasteiger partial charge in [0.05, 0.1) is 5.92 Å². The zero-order valence-corrected chi connectivity index (χ0v) is 16.3. The van der Waals surface area contributed by atoms with E-state index < -0.39 is 0 Å². The van der Waals surface area contributed by atoms with Crippen LogP contribution in [0.4, 0.5) is 5.69 Å². The van der Waals surface area contributed by atoms with Crippen LogP contribution >= 0.6 is 11.6 Å². The molecule has 1 fully saturated rings. The molecule has 1 atom stereocenters. The number of likely N-dealkylation sites (tertiary alicyclic amines) is 1. The Bertz CT molecular complexity index is 886. The molecule has 1 spiro atoms. The van der Waals surface area contributed by atoms with Crippen LogP contribution in [0, 0.1) is 5.92 Å². The molecule has 5 rings (SSSR count). The summed E-state index contributed by atoms with van der Waals surface area (Å²) in [5.74, 6) is 0.124. The average Bonchev–Trinajstić information content (AvgIpc) is 3.04. The van der Waals surface area contributed by atoms with Crippen LogP contribution in [0.1, 0.15) is 36.0 Å². The lowest BCUT2D eigenvalue weighted by Gasteiger charge is -2.41. The van der Waals surface area contributed by atoms with Crippen LogP contribution in [0.3, 0.4) is 0 Å². The van der Waals surface area contributed by atoms with Crippen molar-refractivity contribution < 1.29 is 4.79 Å². The Morgan fingerprint density at radius 2 is 1.89 bits per heavy atom. The Labute approximate surface area is 165 Å². The van der Waals surface area contributed by atoms with Crippen molar-refractivity contribution in [1.82, 2.24) is 4.90 Å². The first-order valence-electron chi connectivity index (χ1n) is 10.0. The monoisotopic (exact) mass is 380 g/mol. The number of amides is 1. The van der Waals surface area contributed by atoms with E-state index in [0.717, 1.165) is 42.3 Å². The fourth-order valence-corrected chi connectivity index (χ4v) is 5.62. The third-order valence-corrected chi connectivity index (χ3v) is 7.31. The van der Waals surface area contributed by atoms with Gasteiger partial charge in [-0.3, -0.25) is 4.79 Å². The molecule has 1 saturated heterocycles. The third kappa shape index (κ3) is 2.97. The Hall–Kier alpha value is -1.84. The van der Waals surface area contributed by atoms with E-state index in [1.807, 2.05) is 18.2 Å². The molecule has 140 valence electrons. The smallest absolute Gasteiger partial charge is 0.229 e. The molecule has 3 aliphatic rings. The van der Waals surface area contributed by atoms with E-state index in [2.05, 4.69) is 34.5 Å². The molecule has 1 unspecified atom stereocenters. The molecule has 2 heterocycles. The number of fused-ring (bicyclic) bond motifs is 3. The first-order chi connectivity index (χ1) is 13.1. The zero-order valence-electron chi connectivity index (χ0n) is 15.5. The molecule has 1 amide bonds. The van der Waals surface area contributed by atoms with E-state index in [1.165, 1.54) is 25.7 Å². The molecule has 1 aliphatic carbocycles. The highest BCUT2D eigenvalue weighted by molar-refractivity contribution is 6.32. The number of hydrogen-bond acceptors (Lipinski definition) is 2. The molecule has 2 aromatic rings. The quantitative estimate of drug-likeness (QED) is 0.835. The van der Waals surface area contributed by atoms with E-state index in [9.17, 15) is 4.79 Å². The fourth-order valence-electron chi connectivity index (χ4n) is 5.36. The highest BCUT2D eigenvalue weighted by Crippen LogP contribution is 2.46. The van der Waals surface area contributed by atoms with E-state index in [0.29, 0.717) is 5.41 Å². The van der Waals surface area contributed by atoms with Gasteiger partial charge in [-0.05, 0) is 79.4 Å². The summed E-state index contributed by atoms with van der Waals surface area (Å²) in [6, 6.07) is 14.7. The van der Waals surface area contributed by atoms with E-state index >= 15 is 0 Å². The standard InChI is InChI=1S/C23H25ClN2O/c24-20-6-3-7-21-18(20)14-17(22(27)25-21)15-26-12-10-23(11-13-26)9-8-16-4-1-2-5-19(16)23/h1-7,17H,8-15H2,(H,25,27). The Morgan fingerprint density at radius 1 is 1.07 bits per heavy atom. The normalized spacial score (nSPS) is 23.7. The molecule has 1 N–H and O–H groups in total. The summed E-state index contributed by atoms with van der Waals surface area (Å²) in [6.45, 7) is 2.98. The summed E-state index contributed by atoms with van der Waals surface area (Å²) >= 11 is 6.36. The van der Waals surface area contributed by atoms with Crippen molar-refractivity contribution in [2.45, 2.75) is 37.5 Å². The molecular weight excluding hydrogens is 356 g/mol. The highest BCUT2D eigenvalue weighted by atomic mass is 35.5. The molecule has 0 radical (unpaired) electrons. The number of aryl methyl sites for hydroxylation is 1. The predicted octanol–water partition coefficient (Wildman–Crippen LogP) is 4.43. The molecule has 0 bridgehead atoms. The zero-order chi connectivity index (χ0) is 18.4. The van der Waals surface area contributed by atoms with Crippen molar-refractivity contribution >= 4 is 23.2 Å². The minimum absolute atomic E-state index is 0.0117. The minimum Gasteiger partial charge on any atom is -0.325 e. The Morgan fingerprint density at radius 3 is 2.74 bits per heavy atom. The van der Waals surface area contributed by atoms with Crippen molar-refractivity contribution in [2.75, 3.05) is 25.0 Å². The molecule has 3 nitrogen and oxygen atoms in total. The van der Waals surface area contributed by atoms with Gasteiger partial charge in [-0.25, -0.2) is 0 Å². The van der Waals surface area contributed by atoms with Crippen LogP contribution in [0.2, 0.25) is 5.02 Å². The second-order valence-corrected chi connectivity index (χ2v) is 8.80. The van der Waals surface area contributed by atoms with Crippen molar-refractivity contribution in [1.29, 1.82) is 0 Å². The lowest BCUT2D eigenvalue weighted by atomic mass is 9.73. The van der Waals surface area contributed by atoms with Crippen molar-refractivity contribution in [2.24, 2.45) is 5.92 Å². The highest BCUT2D eigenvalue weighted by Gasteiger charge is 2.41. The van der Waals surface area contributed by atoms with Gasteiger partial charge in [0, 0.05) is 17.3 Å². The summed E-state index contributed by atoms with van der Waals surface area (Å²) in [5, 5.41) is 3.81. The number of benzene rings is 2. The van der Waals surface area contributed by atoms with Gasteiger partial charge in [-0.15, -0.1) is 0 Å². The van der Waals surface area contributed by atoms with Gasteiger partial charge in [0.25, 0.3) is 0 Å². The lowest BCUT2D eigenvalue weighted by Crippen LogP contribution is -2.46. The predicted molar refractivity (Wildman–Crippen MR) is 109 cm³/mol. The molecule has 2 aliphatic heterocycles. The number of carbonyl (C=O) groups excluding carboxylic acids is 1. The summed E-state index contributed by atoms with van der Waals surface area (Å²) in [7, 11) is 0. The van der Waals surface area contributed by atoms with Crippen LogP contribution in [0.5, 0.6) is 0 Å².